The van der Waals surface area contributed by atoms with Crippen LogP contribution in [0.5, 0.6) is 0 Å². The van der Waals surface area contributed by atoms with Crippen LogP contribution in [0.4, 0.5) is 0 Å². The van der Waals surface area contributed by atoms with E-state index in [0.29, 0.717) is 0 Å². The number of nitrogens with two attached hydrogens (primary N) is 3. The number of amides is 5. The zero-order chi connectivity index (χ0) is 26.8. The molecule has 0 radical (unpaired) electrons. The van der Waals surface area contributed by atoms with Crippen molar-refractivity contribution in [2.75, 3.05) is 6.54 Å². The summed E-state index contributed by atoms with van der Waals surface area (Å²) in [4.78, 5) is 73.7. The quantitative estimate of drug-likeness (QED) is 0.135. The van der Waals surface area contributed by atoms with Crippen molar-refractivity contribution in [3.05, 3.63) is 36.0 Å². The van der Waals surface area contributed by atoms with Crippen LogP contribution >= 0.6 is 0 Å². The third-order valence-electron chi connectivity index (χ3n) is 5.23. The molecule has 14 heteroatoms. The van der Waals surface area contributed by atoms with E-state index in [2.05, 4.69) is 20.9 Å². The van der Waals surface area contributed by atoms with Gasteiger partial charge in [0.25, 0.3) is 0 Å². The van der Waals surface area contributed by atoms with Gasteiger partial charge in [-0.2, -0.15) is 0 Å². The highest BCUT2D eigenvalue weighted by Crippen LogP contribution is 2.18. The SMILES string of the molecule is NC(=O)CCC(NC(=O)C(N)Cc1c[nH]c2ccccc12)C(=O)NCC(=O)NC(CC(N)=O)C(=O)O. The Balaban J connectivity index is 1.98. The van der Waals surface area contributed by atoms with E-state index in [1.54, 1.807) is 6.20 Å². The number of carboxylic acids is 1. The standard InChI is InChI=1S/C22H29N7O7/c23-13(7-11-9-26-14-4-2-1-3-12(11)14)20(33)29-15(5-6-17(24)30)21(34)27-10-19(32)28-16(22(35)36)8-18(25)31/h1-4,9,13,15-16,26H,5-8,10,23H2,(H2,24,30)(H2,25,31)(H,27,34)(H,28,32)(H,29,33)(H,35,36). The second kappa shape index (κ2) is 12.9. The second-order valence-electron chi connectivity index (χ2n) is 8.08. The van der Waals surface area contributed by atoms with Gasteiger partial charge in [-0.3, -0.25) is 24.0 Å². The molecule has 36 heavy (non-hydrogen) atoms. The number of aliphatic carboxylic acids is 1. The van der Waals surface area contributed by atoms with Crippen LogP contribution in [0.25, 0.3) is 10.9 Å². The second-order valence-corrected chi connectivity index (χ2v) is 8.08. The van der Waals surface area contributed by atoms with Crippen molar-refractivity contribution in [2.45, 2.75) is 43.8 Å². The van der Waals surface area contributed by atoms with Crippen molar-refractivity contribution in [1.82, 2.24) is 20.9 Å². The number of carbonyl (C=O) groups excluding carboxylic acids is 5. The summed E-state index contributed by atoms with van der Waals surface area (Å²) in [6.45, 7) is -0.661. The highest BCUT2D eigenvalue weighted by molar-refractivity contribution is 5.94. The van der Waals surface area contributed by atoms with Crippen molar-refractivity contribution in [2.24, 2.45) is 17.2 Å². The largest absolute Gasteiger partial charge is 0.480 e. The maximum atomic E-state index is 12.7. The van der Waals surface area contributed by atoms with E-state index >= 15 is 0 Å². The first-order valence-electron chi connectivity index (χ1n) is 10.9. The van der Waals surface area contributed by atoms with E-state index < -0.39 is 66.6 Å². The molecule has 194 valence electrons. The van der Waals surface area contributed by atoms with Gasteiger partial charge in [0.05, 0.1) is 19.0 Å². The lowest BCUT2D eigenvalue weighted by Gasteiger charge is -2.20. The van der Waals surface area contributed by atoms with Gasteiger partial charge in [-0.15, -0.1) is 0 Å². The molecule has 2 aromatic rings. The summed E-state index contributed by atoms with van der Waals surface area (Å²) >= 11 is 0. The molecule has 0 aliphatic carbocycles. The van der Waals surface area contributed by atoms with Crippen molar-refractivity contribution < 1.29 is 33.9 Å². The van der Waals surface area contributed by atoms with Gasteiger partial charge in [-0.05, 0) is 24.5 Å². The number of aromatic amines is 1. The van der Waals surface area contributed by atoms with Gasteiger partial charge in [0.1, 0.15) is 12.1 Å². The zero-order valence-electron chi connectivity index (χ0n) is 19.3. The smallest absolute Gasteiger partial charge is 0.326 e. The van der Waals surface area contributed by atoms with Crippen molar-refractivity contribution in [3.8, 4) is 0 Å². The molecule has 5 amide bonds. The summed E-state index contributed by atoms with van der Waals surface area (Å²) in [7, 11) is 0. The Kier molecular flexibility index (Phi) is 9.92. The van der Waals surface area contributed by atoms with Crippen LogP contribution in [0.1, 0.15) is 24.8 Å². The van der Waals surface area contributed by atoms with Gasteiger partial charge < -0.3 is 43.2 Å². The lowest BCUT2D eigenvalue weighted by atomic mass is 10.0. The summed E-state index contributed by atoms with van der Waals surface area (Å²) in [5.74, 6) is -5.52. The third-order valence-corrected chi connectivity index (χ3v) is 5.23. The number of benzene rings is 1. The third kappa shape index (κ3) is 8.39. The number of rotatable bonds is 14. The Bertz CT molecular complexity index is 1150. The molecule has 0 fully saturated rings. The van der Waals surface area contributed by atoms with E-state index in [4.69, 9.17) is 22.3 Å². The van der Waals surface area contributed by atoms with Gasteiger partial charge in [0.15, 0.2) is 0 Å². The fourth-order valence-corrected chi connectivity index (χ4v) is 3.40. The average Bonchev–Trinajstić information content (AvgIpc) is 3.21. The van der Waals surface area contributed by atoms with Crippen LogP contribution in [0, 0.1) is 0 Å². The van der Waals surface area contributed by atoms with Crippen molar-refractivity contribution >= 4 is 46.4 Å². The number of hydrogen-bond donors (Lipinski definition) is 8. The molecule has 3 unspecified atom stereocenters. The number of fused-ring (bicyclic) bond motifs is 1. The van der Waals surface area contributed by atoms with E-state index in [1.807, 2.05) is 24.3 Å². The molecular formula is C22H29N7O7. The average molecular weight is 504 g/mol. The van der Waals surface area contributed by atoms with Gasteiger partial charge in [-0.1, -0.05) is 18.2 Å². The highest BCUT2D eigenvalue weighted by atomic mass is 16.4. The molecular weight excluding hydrogens is 474 g/mol. The molecule has 0 bridgehead atoms. The molecule has 0 spiro atoms. The van der Waals surface area contributed by atoms with Gasteiger partial charge in [0, 0.05) is 23.5 Å². The number of hydrogen-bond acceptors (Lipinski definition) is 7. The first-order chi connectivity index (χ1) is 17.0. The predicted molar refractivity (Wildman–Crippen MR) is 127 cm³/mol. The Morgan fingerprint density at radius 2 is 1.64 bits per heavy atom. The Labute approximate surface area is 205 Å². The maximum Gasteiger partial charge on any atom is 0.326 e. The molecule has 0 saturated carbocycles. The lowest BCUT2D eigenvalue weighted by molar-refractivity contribution is -0.143. The lowest BCUT2D eigenvalue weighted by Crippen LogP contribution is -2.54. The fourth-order valence-electron chi connectivity index (χ4n) is 3.40. The minimum absolute atomic E-state index is 0.159. The molecule has 0 aliphatic heterocycles. The highest BCUT2D eigenvalue weighted by Gasteiger charge is 2.26. The van der Waals surface area contributed by atoms with Gasteiger partial charge in [0.2, 0.25) is 29.5 Å². The fraction of sp³-hybridized carbons (Fsp3) is 0.364. The van der Waals surface area contributed by atoms with Crippen LogP contribution in [-0.4, -0.2) is 70.3 Å². The Hall–Kier alpha value is -4.46. The number of carbonyl (C=O) groups is 6. The minimum Gasteiger partial charge on any atom is -0.480 e. The number of nitrogens with one attached hydrogen (secondary N) is 4. The molecule has 0 aliphatic rings. The molecule has 14 nitrogen and oxygen atoms in total. The van der Waals surface area contributed by atoms with E-state index in [0.717, 1.165) is 16.5 Å². The molecule has 2 rings (SSSR count). The first-order valence-corrected chi connectivity index (χ1v) is 10.9. The summed E-state index contributed by atoms with van der Waals surface area (Å²) in [5, 5.41) is 16.7. The molecule has 11 N–H and O–H groups in total. The summed E-state index contributed by atoms with van der Waals surface area (Å²) in [6.07, 6.45) is 0.867. The number of carboxylic acid groups (broad SMARTS) is 1. The normalized spacial score (nSPS) is 13.2. The number of para-hydroxylation sites is 1. The van der Waals surface area contributed by atoms with E-state index in [9.17, 15) is 28.8 Å². The summed E-state index contributed by atoms with van der Waals surface area (Å²) < 4.78 is 0. The predicted octanol–water partition coefficient (Wildman–Crippen LogP) is -2.65. The number of primary amides is 2. The van der Waals surface area contributed by atoms with Crippen LogP contribution < -0.4 is 33.2 Å². The number of H-pyrrole nitrogens is 1. The van der Waals surface area contributed by atoms with E-state index in [1.165, 1.54) is 0 Å². The molecule has 3 atom stereocenters. The Morgan fingerprint density at radius 3 is 2.28 bits per heavy atom. The van der Waals surface area contributed by atoms with Gasteiger partial charge in [-0.25, -0.2) is 4.79 Å². The van der Waals surface area contributed by atoms with Crippen LogP contribution in [0.3, 0.4) is 0 Å². The zero-order valence-corrected chi connectivity index (χ0v) is 19.3. The van der Waals surface area contributed by atoms with Crippen LogP contribution in [0.2, 0.25) is 0 Å². The van der Waals surface area contributed by atoms with Crippen molar-refractivity contribution in [1.29, 1.82) is 0 Å². The minimum atomic E-state index is -1.57. The Morgan fingerprint density at radius 1 is 0.944 bits per heavy atom. The van der Waals surface area contributed by atoms with Gasteiger partial charge >= 0.3 is 5.97 Å². The summed E-state index contributed by atoms with van der Waals surface area (Å²) in [5.41, 5.74) is 17.8. The summed E-state index contributed by atoms with van der Waals surface area (Å²) in [6, 6.07) is 3.61. The van der Waals surface area contributed by atoms with E-state index in [-0.39, 0.29) is 19.3 Å². The maximum absolute atomic E-state index is 12.7. The molecule has 0 saturated heterocycles. The molecule has 1 heterocycles. The first kappa shape index (κ1) is 27.8. The van der Waals surface area contributed by atoms with Crippen LogP contribution in [0.15, 0.2) is 30.5 Å². The topological polar surface area (TPSA) is 253 Å². The molecule has 1 aromatic carbocycles. The molecule has 1 aromatic heterocycles. The number of aromatic nitrogens is 1. The van der Waals surface area contributed by atoms with Crippen LogP contribution in [-0.2, 0) is 35.2 Å². The monoisotopic (exact) mass is 503 g/mol. The van der Waals surface area contributed by atoms with Crippen molar-refractivity contribution in [3.63, 3.8) is 0 Å².